The van der Waals surface area contributed by atoms with Gasteiger partial charge in [-0.1, -0.05) is 32.1 Å². The minimum atomic E-state index is -0.579. The zero-order valence-electron chi connectivity index (χ0n) is 12.0. The van der Waals surface area contributed by atoms with Crippen molar-refractivity contribution in [1.82, 2.24) is 4.98 Å². The van der Waals surface area contributed by atoms with Crippen LogP contribution in [-0.2, 0) is 4.74 Å². The summed E-state index contributed by atoms with van der Waals surface area (Å²) in [6.07, 6.45) is 1.02. The predicted octanol–water partition coefficient (Wildman–Crippen LogP) is 2.98. The zero-order chi connectivity index (χ0) is 14.6. The Hall–Kier alpha value is -1.43. The molecule has 1 aromatic rings. The summed E-state index contributed by atoms with van der Waals surface area (Å²) in [5.41, 5.74) is 0.227. The number of esters is 1. The van der Waals surface area contributed by atoms with Crippen LogP contribution in [0, 0.1) is 5.41 Å². The van der Waals surface area contributed by atoms with Gasteiger partial charge >= 0.3 is 5.97 Å². The third-order valence-corrected chi connectivity index (χ3v) is 4.11. The van der Waals surface area contributed by atoms with Crippen LogP contribution in [0.25, 0.3) is 0 Å². The summed E-state index contributed by atoms with van der Waals surface area (Å²) >= 11 is 1.19. The highest BCUT2D eigenvalue weighted by molar-refractivity contribution is 7.17. The number of rotatable bonds is 6. The van der Waals surface area contributed by atoms with E-state index in [9.17, 15) is 9.59 Å². The van der Waals surface area contributed by atoms with E-state index in [2.05, 4.69) is 35.8 Å². The second-order valence-electron chi connectivity index (χ2n) is 5.12. The van der Waals surface area contributed by atoms with Crippen molar-refractivity contribution in [2.24, 2.45) is 5.41 Å². The average Bonchev–Trinajstić information content (AvgIpc) is 2.80. The standard InChI is InChI=1S/C13H20N2O3S/c1-6-13(3,4)7-14-12-15-9(11(17)18-5)10(19-12)8(2)16/h6-7H2,1-5H3,(H,14,15). The maximum absolute atomic E-state index is 11.6. The van der Waals surface area contributed by atoms with Gasteiger partial charge in [0.15, 0.2) is 16.6 Å². The first-order valence-electron chi connectivity index (χ1n) is 6.14. The lowest BCUT2D eigenvalue weighted by Crippen LogP contribution is -2.21. The summed E-state index contributed by atoms with van der Waals surface area (Å²) in [7, 11) is 1.28. The van der Waals surface area contributed by atoms with E-state index in [1.165, 1.54) is 25.4 Å². The quantitative estimate of drug-likeness (QED) is 0.642. The first kappa shape index (κ1) is 15.6. The summed E-state index contributed by atoms with van der Waals surface area (Å²) in [6.45, 7) is 8.54. The number of anilines is 1. The van der Waals surface area contributed by atoms with E-state index < -0.39 is 5.97 Å². The van der Waals surface area contributed by atoms with E-state index in [1.807, 2.05) is 0 Å². The topological polar surface area (TPSA) is 68.3 Å². The number of ether oxygens (including phenoxy) is 1. The Kier molecular flexibility index (Phi) is 5.05. The average molecular weight is 284 g/mol. The molecule has 106 valence electrons. The third-order valence-electron chi connectivity index (χ3n) is 3.00. The van der Waals surface area contributed by atoms with Crippen LogP contribution in [-0.4, -0.2) is 30.4 Å². The molecule has 0 fully saturated rings. The van der Waals surface area contributed by atoms with Crippen molar-refractivity contribution in [2.45, 2.75) is 34.1 Å². The summed E-state index contributed by atoms with van der Waals surface area (Å²) in [5, 5.41) is 3.75. The van der Waals surface area contributed by atoms with Crippen molar-refractivity contribution in [3.63, 3.8) is 0 Å². The number of methoxy groups -OCH3 is 1. The number of aromatic nitrogens is 1. The molecule has 5 nitrogen and oxygen atoms in total. The van der Waals surface area contributed by atoms with Gasteiger partial charge in [-0.05, 0) is 11.8 Å². The molecular weight excluding hydrogens is 264 g/mol. The smallest absolute Gasteiger partial charge is 0.358 e. The number of ketones is 1. The zero-order valence-corrected chi connectivity index (χ0v) is 12.8. The fourth-order valence-corrected chi connectivity index (χ4v) is 2.15. The van der Waals surface area contributed by atoms with Crippen LogP contribution < -0.4 is 5.32 Å². The molecule has 0 aliphatic carbocycles. The first-order valence-corrected chi connectivity index (χ1v) is 6.96. The lowest BCUT2D eigenvalue weighted by atomic mass is 9.90. The second-order valence-corrected chi connectivity index (χ2v) is 6.11. The molecule has 0 spiro atoms. The molecule has 0 radical (unpaired) electrons. The Morgan fingerprint density at radius 2 is 2.05 bits per heavy atom. The highest BCUT2D eigenvalue weighted by Crippen LogP contribution is 2.26. The number of carbonyl (C=O) groups is 2. The van der Waals surface area contributed by atoms with E-state index in [1.54, 1.807) is 0 Å². The molecule has 0 aromatic carbocycles. The molecule has 0 amide bonds. The maximum Gasteiger partial charge on any atom is 0.358 e. The summed E-state index contributed by atoms with van der Waals surface area (Å²) in [6, 6.07) is 0. The van der Waals surface area contributed by atoms with Crippen molar-refractivity contribution >= 4 is 28.2 Å². The van der Waals surface area contributed by atoms with Gasteiger partial charge in [-0.25, -0.2) is 9.78 Å². The predicted molar refractivity (Wildman–Crippen MR) is 76.0 cm³/mol. The Labute approximate surface area is 117 Å². The van der Waals surface area contributed by atoms with Crippen LogP contribution in [0.3, 0.4) is 0 Å². The fraction of sp³-hybridized carbons (Fsp3) is 0.615. The highest BCUT2D eigenvalue weighted by Gasteiger charge is 2.23. The van der Waals surface area contributed by atoms with Gasteiger partial charge in [0.1, 0.15) is 4.88 Å². The molecule has 0 aliphatic rings. The second kappa shape index (κ2) is 6.14. The molecule has 0 saturated heterocycles. The van der Waals surface area contributed by atoms with Gasteiger partial charge in [-0.3, -0.25) is 4.79 Å². The van der Waals surface area contributed by atoms with Crippen molar-refractivity contribution in [2.75, 3.05) is 19.0 Å². The SMILES string of the molecule is CCC(C)(C)CNc1nc(C(=O)OC)c(C(C)=O)s1. The van der Waals surface area contributed by atoms with Crippen LogP contribution >= 0.6 is 11.3 Å². The van der Waals surface area contributed by atoms with Crippen LogP contribution in [0.5, 0.6) is 0 Å². The Morgan fingerprint density at radius 3 is 2.53 bits per heavy atom. The Morgan fingerprint density at radius 1 is 1.42 bits per heavy atom. The van der Waals surface area contributed by atoms with Crippen molar-refractivity contribution in [1.29, 1.82) is 0 Å². The van der Waals surface area contributed by atoms with E-state index in [-0.39, 0.29) is 16.9 Å². The number of hydrogen-bond donors (Lipinski definition) is 1. The minimum Gasteiger partial charge on any atom is -0.464 e. The van der Waals surface area contributed by atoms with Crippen LogP contribution in [0.15, 0.2) is 0 Å². The molecule has 0 unspecified atom stereocenters. The van der Waals surface area contributed by atoms with Gasteiger partial charge in [0.25, 0.3) is 0 Å². The summed E-state index contributed by atoms with van der Waals surface area (Å²) < 4.78 is 4.63. The fourth-order valence-electron chi connectivity index (χ4n) is 1.31. The molecule has 19 heavy (non-hydrogen) atoms. The molecule has 0 aliphatic heterocycles. The molecule has 1 aromatic heterocycles. The van der Waals surface area contributed by atoms with Crippen molar-refractivity contribution in [3.05, 3.63) is 10.6 Å². The number of carbonyl (C=O) groups excluding carboxylic acids is 2. The lowest BCUT2D eigenvalue weighted by Gasteiger charge is -2.22. The molecule has 0 saturated carbocycles. The van der Waals surface area contributed by atoms with E-state index in [4.69, 9.17) is 0 Å². The summed E-state index contributed by atoms with van der Waals surface area (Å²) in [4.78, 5) is 27.5. The maximum atomic E-state index is 11.6. The summed E-state index contributed by atoms with van der Waals surface area (Å²) in [5.74, 6) is -0.759. The number of thiazole rings is 1. The number of nitrogens with zero attached hydrogens (tertiary/aromatic N) is 1. The Balaban J connectivity index is 2.93. The van der Waals surface area contributed by atoms with Gasteiger partial charge in [0, 0.05) is 13.5 Å². The molecule has 1 N–H and O–H groups in total. The van der Waals surface area contributed by atoms with E-state index >= 15 is 0 Å². The van der Waals surface area contributed by atoms with Gasteiger partial charge in [0.05, 0.1) is 7.11 Å². The molecule has 0 bridgehead atoms. The number of Topliss-reactive ketones (excluding diaryl/α,β-unsaturated/α-hetero) is 1. The number of hydrogen-bond acceptors (Lipinski definition) is 6. The minimum absolute atomic E-state index is 0.0943. The van der Waals surface area contributed by atoms with Crippen molar-refractivity contribution < 1.29 is 14.3 Å². The van der Waals surface area contributed by atoms with Crippen LogP contribution in [0.1, 0.15) is 54.3 Å². The number of nitrogens with one attached hydrogen (secondary N) is 1. The van der Waals surface area contributed by atoms with Crippen LogP contribution in [0.4, 0.5) is 5.13 Å². The normalized spacial score (nSPS) is 11.2. The monoisotopic (exact) mass is 284 g/mol. The van der Waals surface area contributed by atoms with E-state index in [0.29, 0.717) is 10.0 Å². The van der Waals surface area contributed by atoms with E-state index in [0.717, 1.165) is 13.0 Å². The first-order chi connectivity index (χ1) is 8.80. The molecule has 1 heterocycles. The van der Waals surface area contributed by atoms with Gasteiger partial charge < -0.3 is 10.1 Å². The van der Waals surface area contributed by atoms with Crippen molar-refractivity contribution in [3.8, 4) is 0 Å². The van der Waals surface area contributed by atoms with Gasteiger partial charge in [-0.2, -0.15) is 0 Å². The highest BCUT2D eigenvalue weighted by atomic mass is 32.1. The Bertz CT molecular complexity index is 480. The molecular formula is C13H20N2O3S. The largest absolute Gasteiger partial charge is 0.464 e. The molecule has 1 rings (SSSR count). The molecule has 0 atom stereocenters. The van der Waals surface area contributed by atoms with Gasteiger partial charge in [0.2, 0.25) is 0 Å². The third kappa shape index (κ3) is 4.02. The van der Waals surface area contributed by atoms with Gasteiger partial charge in [-0.15, -0.1) is 0 Å². The lowest BCUT2D eigenvalue weighted by molar-refractivity contribution is 0.0591. The van der Waals surface area contributed by atoms with Crippen LogP contribution in [0.2, 0.25) is 0 Å². The molecule has 6 heteroatoms.